The minimum absolute atomic E-state index is 0.114. The molecule has 20 heavy (non-hydrogen) atoms. The molecule has 0 aromatic heterocycles. The maximum absolute atomic E-state index is 9.16. The number of aliphatic hydroxyl groups is 1. The van der Waals surface area contributed by atoms with Crippen LogP contribution in [0.25, 0.3) is 0 Å². The Balaban J connectivity index is 2.73. The summed E-state index contributed by atoms with van der Waals surface area (Å²) < 4.78 is 11.0. The van der Waals surface area contributed by atoms with E-state index >= 15 is 0 Å². The summed E-state index contributed by atoms with van der Waals surface area (Å²) in [5, 5.41) is 12.4. The molecule has 0 saturated carbocycles. The summed E-state index contributed by atoms with van der Waals surface area (Å²) in [5.74, 6) is 3.79. The summed E-state index contributed by atoms with van der Waals surface area (Å²) in [6, 6.07) is 5.87. The topological polar surface area (TPSA) is 50.7 Å². The second kappa shape index (κ2) is 9.24. The van der Waals surface area contributed by atoms with Crippen molar-refractivity contribution in [3.05, 3.63) is 23.8 Å². The predicted octanol–water partition coefficient (Wildman–Crippen LogP) is 1.96. The molecule has 1 atom stereocenters. The average molecular weight is 277 g/mol. The molecule has 0 heterocycles. The van der Waals surface area contributed by atoms with Gasteiger partial charge in [-0.3, -0.25) is 0 Å². The first-order chi connectivity index (χ1) is 9.74. The molecule has 4 nitrogen and oxygen atoms in total. The predicted molar refractivity (Wildman–Crippen MR) is 79.9 cm³/mol. The van der Waals surface area contributed by atoms with Crippen LogP contribution in [-0.2, 0) is 6.54 Å². The Hall–Kier alpha value is -1.70. The van der Waals surface area contributed by atoms with E-state index in [1.807, 2.05) is 32.0 Å². The monoisotopic (exact) mass is 277 g/mol. The fraction of sp³-hybridized carbons (Fsp3) is 0.500. The number of rotatable bonds is 9. The standard InChI is InChI=1S/C16H23NO3/c1-4-9-20-15-8-7-13(10-16(15)19-6-3)11-17-14(5-2)12-18/h1,7-8,10,14,17-18H,5-6,9,11-12H2,2-3H3/t14-/m1/s1. The molecule has 0 aliphatic rings. The number of aliphatic hydroxyl groups excluding tert-OH is 1. The molecule has 0 aliphatic carbocycles. The first-order valence-electron chi connectivity index (χ1n) is 6.91. The Kier molecular flexibility index (Phi) is 7.56. The van der Waals surface area contributed by atoms with Crippen LogP contribution in [0.3, 0.4) is 0 Å². The minimum atomic E-state index is 0.114. The first kappa shape index (κ1) is 16.4. The van der Waals surface area contributed by atoms with Crippen LogP contribution in [0, 0.1) is 12.3 Å². The highest BCUT2D eigenvalue weighted by molar-refractivity contribution is 5.43. The highest BCUT2D eigenvalue weighted by Gasteiger charge is 2.08. The average Bonchev–Trinajstić information content (AvgIpc) is 2.48. The lowest BCUT2D eigenvalue weighted by Crippen LogP contribution is -2.31. The molecule has 0 fully saturated rings. The molecule has 0 spiro atoms. The third kappa shape index (κ3) is 5.12. The first-order valence-corrected chi connectivity index (χ1v) is 6.91. The molecular formula is C16H23NO3. The second-order valence-corrected chi connectivity index (χ2v) is 4.38. The molecule has 0 radical (unpaired) electrons. The van der Waals surface area contributed by atoms with Crippen molar-refractivity contribution in [3.8, 4) is 23.8 Å². The van der Waals surface area contributed by atoms with E-state index in [0.717, 1.165) is 12.0 Å². The lowest BCUT2D eigenvalue weighted by atomic mass is 10.1. The molecule has 1 aromatic rings. The third-order valence-corrected chi connectivity index (χ3v) is 2.93. The van der Waals surface area contributed by atoms with Crippen LogP contribution in [0.4, 0.5) is 0 Å². The molecule has 2 N–H and O–H groups in total. The molecule has 0 amide bonds. The molecule has 1 rings (SSSR count). The van der Waals surface area contributed by atoms with Crippen molar-refractivity contribution in [2.24, 2.45) is 0 Å². The Morgan fingerprint density at radius 3 is 2.70 bits per heavy atom. The Morgan fingerprint density at radius 1 is 1.30 bits per heavy atom. The number of hydrogen-bond donors (Lipinski definition) is 2. The van der Waals surface area contributed by atoms with Gasteiger partial charge in [-0.1, -0.05) is 18.9 Å². The molecule has 4 heteroatoms. The van der Waals surface area contributed by atoms with E-state index in [4.69, 9.17) is 21.0 Å². The normalized spacial score (nSPS) is 11.7. The Morgan fingerprint density at radius 2 is 2.10 bits per heavy atom. The summed E-state index contributed by atoms with van der Waals surface area (Å²) in [5.41, 5.74) is 1.08. The highest BCUT2D eigenvalue weighted by atomic mass is 16.5. The van der Waals surface area contributed by atoms with E-state index in [1.165, 1.54) is 0 Å². The van der Waals surface area contributed by atoms with Crippen LogP contribution < -0.4 is 14.8 Å². The van der Waals surface area contributed by atoms with Crippen molar-refractivity contribution >= 4 is 0 Å². The Bertz CT molecular complexity index is 436. The van der Waals surface area contributed by atoms with E-state index in [0.29, 0.717) is 24.7 Å². The summed E-state index contributed by atoms with van der Waals surface area (Å²) in [7, 11) is 0. The number of hydrogen-bond acceptors (Lipinski definition) is 4. The zero-order valence-electron chi connectivity index (χ0n) is 12.2. The van der Waals surface area contributed by atoms with E-state index < -0.39 is 0 Å². The van der Waals surface area contributed by atoms with Gasteiger partial charge < -0.3 is 19.9 Å². The van der Waals surface area contributed by atoms with E-state index in [2.05, 4.69) is 11.2 Å². The molecular weight excluding hydrogens is 254 g/mol. The van der Waals surface area contributed by atoms with Gasteiger partial charge >= 0.3 is 0 Å². The molecule has 1 aromatic carbocycles. The smallest absolute Gasteiger partial charge is 0.162 e. The van der Waals surface area contributed by atoms with Gasteiger partial charge in [-0.15, -0.1) is 6.42 Å². The van der Waals surface area contributed by atoms with Crippen molar-refractivity contribution in [2.75, 3.05) is 19.8 Å². The van der Waals surface area contributed by atoms with Gasteiger partial charge in [-0.25, -0.2) is 0 Å². The molecule has 0 saturated heterocycles. The van der Waals surface area contributed by atoms with Gasteiger partial charge in [0.15, 0.2) is 11.5 Å². The number of nitrogens with one attached hydrogen (secondary N) is 1. The summed E-state index contributed by atoms with van der Waals surface area (Å²) in [4.78, 5) is 0. The number of terminal acetylenes is 1. The van der Waals surface area contributed by atoms with Crippen LogP contribution in [0.5, 0.6) is 11.5 Å². The molecule has 0 bridgehead atoms. The summed E-state index contributed by atoms with van der Waals surface area (Å²) >= 11 is 0. The minimum Gasteiger partial charge on any atom is -0.490 e. The molecule has 110 valence electrons. The van der Waals surface area contributed by atoms with E-state index in [-0.39, 0.29) is 19.3 Å². The lowest BCUT2D eigenvalue weighted by Gasteiger charge is -2.16. The van der Waals surface area contributed by atoms with Gasteiger partial charge in [0.2, 0.25) is 0 Å². The highest BCUT2D eigenvalue weighted by Crippen LogP contribution is 2.28. The van der Waals surface area contributed by atoms with Crippen molar-refractivity contribution in [3.63, 3.8) is 0 Å². The number of benzene rings is 1. The maximum atomic E-state index is 9.16. The zero-order valence-corrected chi connectivity index (χ0v) is 12.2. The van der Waals surface area contributed by atoms with E-state index in [1.54, 1.807) is 0 Å². The fourth-order valence-electron chi connectivity index (χ4n) is 1.77. The Labute approximate surface area is 121 Å². The van der Waals surface area contributed by atoms with Crippen molar-refractivity contribution in [1.29, 1.82) is 0 Å². The zero-order chi connectivity index (χ0) is 14.8. The molecule has 0 aliphatic heterocycles. The van der Waals surface area contributed by atoms with Gasteiger partial charge in [-0.2, -0.15) is 0 Å². The van der Waals surface area contributed by atoms with Gasteiger partial charge in [0.05, 0.1) is 13.2 Å². The molecule has 0 unspecified atom stereocenters. The lowest BCUT2D eigenvalue weighted by molar-refractivity contribution is 0.238. The SMILES string of the molecule is C#CCOc1ccc(CN[C@H](CC)CO)cc1OCC. The quantitative estimate of drug-likeness (QED) is 0.678. The third-order valence-electron chi connectivity index (χ3n) is 2.93. The summed E-state index contributed by atoms with van der Waals surface area (Å²) in [6.45, 7) is 5.56. The second-order valence-electron chi connectivity index (χ2n) is 4.38. The van der Waals surface area contributed by atoms with Crippen molar-refractivity contribution < 1.29 is 14.6 Å². The van der Waals surface area contributed by atoms with Crippen molar-refractivity contribution in [2.45, 2.75) is 32.9 Å². The van der Waals surface area contributed by atoms with Gasteiger partial charge in [-0.05, 0) is 31.0 Å². The van der Waals surface area contributed by atoms with Crippen LogP contribution in [0.15, 0.2) is 18.2 Å². The maximum Gasteiger partial charge on any atom is 0.162 e. The number of ether oxygens (including phenoxy) is 2. The van der Waals surface area contributed by atoms with Crippen LogP contribution >= 0.6 is 0 Å². The largest absolute Gasteiger partial charge is 0.490 e. The van der Waals surface area contributed by atoms with Gasteiger partial charge in [0.25, 0.3) is 0 Å². The van der Waals surface area contributed by atoms with Gasteiger partial charge in [0.1, 0.15) is 6.61 Å². The van der Waals surface area contributed by atoms with Crippen LogP contribution in [0.1, 0.15) is 25.8 Å². The van der Waals surface area contributed by atoms with Crippen LogP contribution in [0.2, 0.25) is 0 Å². The summed E-state index contributed by atoms with van der Waals surface area (Å²) in [6.07, 6.45) is 6.08. The fourth-order valence-corrected chi connectivity index (χ4v) is 1.77. The van der Waals surface area contributed by atoms with Crippen molar-refractivity contribution in [1.82, 2.24) is 5.32 Å². The van der Waals surface area contributed by atoms with Crippen LogP contribution in [-0.4, -0.2) is 31.0 Å². The van der Waals surface area contributed by atoms with E-state index in [9.17, 15) is 0 Å². The van der Waals surface area contributed by atoms with Gasteiger partial charge in [0, 0.05) is 12.6 Å².